The predicted octanol–water partition coefficient (Wildman–Crippen LogP) is 3.10. The van der Waals surface area contributed by atoms with Crippen LogP contribution in [0.15, 0.2) is 23.0 Å². The van der Waals surface area contributed by atoms with Gasteiger partial charge in [-0.15, -0.1) is 0 Å². The van der Waals surface area contributed by atoms with Crippen LogP contribution in [-0.2, 0) is 13.0 Å². The molecule has 0 saturated heterocycles. The molecule has 2 heterocycles. The van der Waals surface area contributed by atoms with Gasteiger partial charge in [-0.25, -0.2) is 0 Å². The Kier molecular flexibility index (Phi) is 5.14. The lowest BCUT2D eigenvalue weighted by Gasteiger charge is -2.27. The van der Waals surface area contributed by atoms with Crippen molar-refractivity contribution in [3.63, 3.8) is 0 Å². The zero-order chi connectivity index (χ0) is 20.5. The van der Waals surface area contributed by atoms with Crippen molar-refractivity contribution in [2.45, 2.75) is 58.5 Å². The van der Waals surface area contributed by atoms with Crippen LogP contribution in [0.25, 0.3) is 0 Å². The summed E-state index contributed by atoms with van der Waals surface area (Å²) in [6, 6.07) is 8.21. The summed E-state index contributed by atoms with van der Waals surface area (Å²) in [6.45, 7) is 4.77. The Morgan fingerprint density at radius 1 is 1.28 bits per heavy atom. The highest BCUT2D eigenvalue weighted by Gasteiger charge is 2.31. The third kappa shape index (κ3) is 3.65. The number of amides is 1. The fourth-order valence-electron chi connectivity index (χ4n) is 4.76. The number of carbonyl (C=O) groups excluding carboxylic acids is 1. The molecule has 2 aliphatic rings. The standard InChI is InChI=1S/C23H26N4O2/c1-14-9-15(2)26-23(29)20(14)13-25-22(28)19-10-16(12-24)11-21-18(19)7-8-27(21)17-5-3-4-6-17/h9-11,17H,3-8,13H2,1-2H3,(H,25,28)(H,26,29). The van der Waals surface area contributed by atoms with Crippen molar-refractivity contribution >= 4 is 11.6 Å². The fraction of sp³-hybridized carbons (Fsp3) is 0.435. The summed E-state index contributed by atoms with van der Waals surface area (Å²) < 4.78 is 0. The zero-order valence-corrected chi connectivity index (χ0v) is 17.0. The van der Waals surface area contributed by atoms with Crippen LogP contribution in [0.1, 0.15) is 64.0 Å². The number of pyridine rings is 1. The molecule has 0 spiro atoms. The monoisotopic (exact) mass is 390 g/mol. The normalized spacial score (nSPS) is 16.0. The molecule has 0 unspecified atom stereocenters. The minimum atomic E-state index is -0.231. The van der Waals surface area contributed by atoms with Crippen LogP contribution >= 0.6 is 0 Å². The highest BCUT2D eigenvalue weighted by molar-refractivity contribution is 5.98. The summed E-state index contributed by atoms with van der Waals surface area (Å²) in [5.41, 5.74) is 5.15. The number of fused-ring (bicyclic) bond motifs is 1. The van der Waals surface area contributed by atoms with E-state index in [9.17, 15) is 14.9 Å². The molecule has 150 valence electrons. The first-order valence-electron chi connectivity index (χ1n) is 10.3. The topological polar surface area (TPSA) is 89.0 Å². The minimum absolute atomic E-state index is 0.165. The molecule has 1 aliphatic heterocycles. The summed E-state index contributed by atoms with van der Waals surface area (Å²) in [5, 5.41) is 12.4. The number of nitrogens with zero attached hydrogens (tertiary/aromatic N) is 2. The maximum Gasteiger partial charge on any atom is 0.253 e. The third-order valence-electron chi connectivity index (χ3n) is 6.20. The van der Waals surface area contributed by atoms with Crippen molar-refractivity contribution in [2.75, 3.05) is 11.4 Å². The van der Waals surface area contributed by atoms with Gasteiger partial charge in [0.25, 0.3) is 11.5 Å². The molecule has 1 saturated carbocycles. The van der Waals surface area contributed by atoms with Gasteiger partial charge >= 0.3 is 0 Å². The van der Waals surface area contributed by atoms with Crippen LogP contribution < -0.4 is 15.8 Å². The van der Waals surface area contributed by atoms with Crippen LogP contribution in [-0.4, -0.2) is 23.5 Å². The van der Waals surface area contributed by atoms with Crippen LogP contribution in [0.5, 0.6) is 0 Å². The Labute approximate surface area is 170 Å². The molecule has 6 heteroatoms. The number of aryl methyl sites for hydroxylation is 2. The number of nitrogens with one attached hydrogen (secondary N) is 2. The molecule has 1 aromatic carbocycles. The van der Waals surface area contributed by atoms with Gasteiger partial charge in [0.15, 0.2) is 0 Å². The molecule has 0 radical (unpaired) electrons. The van der Waals surface area contributed by atoms with Crippen molar-refractivity contribution in [2.24, 2.45) is 0 Å². The summed E-state index contributed by atoms with van der Waals surface area (Å²) in [4.78, 5) is 30.4. The molecule has 2 aromatic rings. The van der Waals surface area contributed by atoms with E-state index in [-0.39, 0.29) is 18.0 Å². The molecule has 0 bridgehead atoms. The number of aromatic amines is 1. The maximum absolute atomic E-state index is 13.0. The van der Waals surface area contributed by atoms with Crippen molar-refractivity contribution in [3.05, 3.63) is 62.1 Å². The Bertz CT molecular complexity index is 1060. The molecular weight excluding hydrogens is 364 g/mol. The van der Waals surface area contributed by atoms with Crippen molar-refractivity contribution in [3.8, 4) is 6.07 Å². The Morgan fingerprint density at radius 3 is 2.72 bits per heavy atom. The van der Waals surface area contributed by atoms with E-state index in [1.54, 1.807) is 6.07 Å². The lowest BCUT2D eigenvalue weighted by atomic mass is 10.0. The molecule has 4 rings (SSSR count). The lowest BCUT2D eigenvalue weighted by molar-refractivity contribution is 0.0950. The van der Waals surface area contributed by atoms with Gasteiger partial charge in [0, 0.05) is 41.6 Å². The molecule has 1 aliphatic carbocycles. The molecule has 0 atom stereocenters. The average molecular weight is 390 g/mol. The molecule has 1 fully saturated rings. The van der Waals surface area contributed by atoms with Gasteiger partial charge in [-0.05, 0) is 62.4 Å². The minimum Gasteiger partial charge on any atom is -0.368 e. The van der Waals surface area contributed by atoms with E-state index < -0.39 is 0 Å². The predicted molar refractivity (Wildman–Crippen MR) is 112 cm³/mol. The second-order valence-electron chi connectivity index (χ2n) is 8.14. The number of hydrogen-bond acceptors (Lipinski definition) is 4. The summed E-state index contributed by atoms with van der Waals surface area (Å²) in [6.07, 6.45) is 5.64. The SMILES string of the molecule is Cc1cc(C)c(CNC(=O)c2cc(C#N)cc3c2CCN3C2CCCC2)c(=O)[nH]1. The number of nitriles is 1. The Balaban J connectivity index is 1.61. The van der Waals surface area contributed by atoms with Gasteiger partial charge in [-0.2, -0.15) is 5.26 Å². The molecule has 1 amide bonds. The maximum atomic E-state index is 13.0. The number of benzene rings is 1. The second kappa shape index (κ2) is 7.75. The number of carbonyl (C=O) groups is 1. The fourth-order valence-corrected chi connectivity index (χ4v) is 4.76. The van der Waals surface area contributed by atoms with Crippen LogP contribution in [0.2, 0.25) is 0 Å². The van der Waals surface area contributed by atoms with Gasteiger partial charge in [-0.1, -0.05) is 12.8 Å². The number of hydrogen-bond donors (Lipinski definition) is 2. The highest BCUT2D eigenvalue weighted by atomic mass is 16.1. The Hall–Kier alpha value is -3.07. The van der Waals surface area contributed by atoms with Crippen molar-refractivity contribution in [1.29, 1.82) is 5.26 Å². The zero-order valence-electron chi connectivity index (χ0n) is 17.0. The number of rotatable bonds is 4. The second-order valence-corrected chi connectivity index (χ2v) is 8.14. The van der Waals surface area contributed by atoms with Gasteiger partial charge in [0.1, 0.15) is 0 Å². The smallest absolute Gasteiger partial charge is 0.253 e. The molecule has 6 nitrogen and oxygen atoms in total. The number of anilines is 1. The third-order valence-corrected chi connectivity index (χ3v) is 6.20. The van der Waals surface area contributed by atoms with E-state index >= 15 is 0 Å². The van der Waals surface area contributed by atoms with Gasteiger partial charge in [0.05, 0.1) is 11.6 Å². The molecule has 2 N–H and O–H groups in total. The summed E-state index contributed by atoms with van der Waals surface area (Å²) in [7, 11) is 0. The Morgan fingerprint density at radius 2 is 2.03 bits per heavy atom. The number of aromatic nitrogens is 1. The first kappa shape index (κ1) is 19.3. The van der Waals surface area contributed by atoms with E-state index in [0.29, 0.717) is 22.7 Å². The van der Waals surface area contributed by atoms with Gasteiger partial charge in [-0.3, -0.25) is 9.59 Å². The van der Waals surface area contributed by atoms with E-state index in [0.717, 1.165) is 35.5 Å². The van der Waals surface area contributed by atoms with Crippen molar-refractivity contribution < 1.29 is 4.79 Å². The van der Waals surface area contributed by atoms with Gasteiger partial charge < -0.3 is 15.2 Å². The van der Waals surface area contributed by atoms with Crippen LogP contribution in [0.3, 0.4) is 0 Å². The lowest BCUT2D eigenvalue weighted by Crippen LogP contribution is -2.31. The quantitative estimate of drug-likeness (QED) is 0.840. The first-order valence-corrected chi connectivity index (χ1v) is 10.3. The van der Waals surface area contributed by atoms with E-state index in [1.807, 2.05) is 26.0 Å². The van der Waals surface area contributed by atoms with Gasteiger partial charge in [0.2, 0.25) is 0 Å². The van der Waals surface area contributed by atoms with E-state index in [1.165, 1.54) is 25.7 Å². The largest absolute Gasteiger partial charge is 0.368 e. The molecular formula is C23H26N4O2. The first-order chi connectivity index (χ1) is 14.0. The summed E-state index contributed by atoms with van der Waals surface area (Å²) in [5.74, 6) is -0.231. The number of H-pyrrole nitrogens is 1. The summed E-state index contributed by atoms with van der Waals surface area (Å²) >= 11 is 0. The van der Waals surface area contributed by atoms with Crippen LogP contribution in [0.4, 0.5) is 5.69 Å². The molecule has 1 aromatic heterocycles. The van der Waals surface area contributed by atoms with E-state index in [4.69, 9.17) is 0 Å². The highest BCUT2D eigenvalue weighted by Crippen LogP contribution is 2.37. The van der Waals surface area contributed by atoms with E-state index in [2.05, 4.69) is 21.3 Å². The van der Waals surface area contributed by atoms with Crippen molar-refractivity contribution in [1.82, 2.24) is 10.3 Å². The van der Waals surface area contributed by atoms with Crippen LogP contribution in [0, 0.1) is 25.2 Å². The average Bonchev–Trinajstić information content (AvgIpc) is 3.35. The molecule has 29 heavy (non-hydrogen) atoms.